The quantitative estimate of drug-likeness (QED) is 0.779. The van der Waals surface area contributed by atoms with E-state index in [9.17, 15) is 0 Å². The number of nitrogens with one attached hydrogen (secondary N) is 1. The summed E-state index contributed by atoms with van der Waals surface area (Å²) in [7, 11) is 0. The zero-order valence-electron chi connectivity index (χ0n) is 14.7. The van der Waals surface area contributed by atoms with E-state index in [1.54, 1.807) is 0 Å². The molecule has 4 nitrogen and oxygen atoms in total. The van der Waals surface area contributed by atoms with Gasteiger partial charge >= 0.3 is 0 Å². The molecule has 1 unspecified atom stereocenters. The molecule has 0 spiro atoms. The number of hydrogen-bond donors (Lipinski definition) is 1. The van der Waals surface area contributed by atoms with Crippen molar-refractivity contribution in [1.82, 2.24) is 15.3 Å². The number of piperazine rings is 1. The molecular weight excluding hydrogens is 340 g/mol. The summed E-state index contributed by atoms with van der Waals surface area (Å²) < 4.78 is 0. The van der Waals surface area contributed by atoms with E-state index in [1.807, 2.05) is 11.3 Å². The van der Waals surface area contributed by atoms with E-state index in [0.29, 0.717) is 10.7 Å². The Morgan fingerprint density at radius 1 is 1.21 bits per heavy atom. The monoisotopic (exact) mass is 364 g/mol. The molecule has 1 N–H and O–H groups in total. The van der Waals surface area contributed by atoms with Crippen LogP contribution in [-0.4, -0.2) is 36.1 Å². The van der Waals surface area contributed by atoms with Gasteiger partial charge in [-0.3, -0.25) is 0 Å². The molecule has 3 heterocycles. The molecule has 130 valence electrons. The molecule has 0 aromatic carbocycles. The summed E-state index contributed by atoms with van der Waals surface area (Å²) in [6.45, 7) is 11.1. The van der Waals surface area contributed by atoms with Crippen molar-refractivity contribution < 1.29 is 0 Å². The molecule has 4 rings (SSSR count). The van der Waals surface area contributed by atoms with Gasteiger partial charge in [-0.25, -0.2) is 4.98 Å². The first-order chi connectivity index (χ1) is 11.4. The van der Waals surface area contributed by atoms with Crippen molar-refractivity contribution in [2.24, 2.45) is 11.3 Å². The maximum Gasteiger partial charge on any atom is 0.225 e. The Hall–Kier alpha value is -0.910. The van der Waals surface area contributed by atoms with Crippen LogP contribution in [-0.2, 0) is 12.8 Å². The molecule has 0 saturated carbocycles. The van der Waals surface area contributed by atoms with Gasteiger partial charge in [0.15, 0.2) is 0 Å². The van der Waals surface area contributed by atoms with E-state index in [1.165, 1.54) is 28.7 Å². The van der Waals surface area contributed by atoms with Gasteiger partial charge in [-0.2, -0.15) is 4.98 Å². The van der Waals surface area contributed by atoms with Crippen molar-refractivity contribution in [2.75, 3.05) is 31.1 Å². The Bertz CT molecular complexity index is 758. The van der Waals surface area contributed by atoms with E-state index >= 15 is 0 Å². The van der Waals surface area contributed by atoms with E-state index in [0.717, 1.165) is 49.2 Å². The second-order valence-corrected chi connectivity index (χ2v) is 9.46. The van der Waals surface area contributed by atoms with Crippen molar-refractivity contribution in [2.45, 2.75) is 40.0 Å². The zero-order chi connectivity index (χ0) is 16.9. The van der Waals surface area contributed by atoms with Crippen molar-refractivity contribution in [3.63, 3.8) is 0 Å². The van der Waals surface area contributed by atoms with Gasteiger partial charge in [0, 0.05) is 31.1 Å². The van der Waals surface area contributed by atoms with Crippen molar-refractivity contribution in [3.8, 4) is 0 Å². The average Bonchev–Trinajstić information content (AvgIpc) is 2.91. The van der Waals surface area contributed by atoms with Crippen LogP contribution >= 0.6 is 22.9 Å². The van der Waals surface area contributed by atoms with E-state index < -0.39 is 0 Å². The lowest BCUT2D eigenvalue weighted by Crippen LogP contribution is -2.44. The van der Waals surface area contributed by atoms with Crippen LogP contribution in [0.3, 0.4) is 0 Å². The third kappa shape index (κ3) is 2.91. The molecule has 1 aliphatic heterocycles. The summed E-state index contributed by atoms with van der Waals surface area (Å²) in [5.41, 5.74) is 1.85. The number of aromatic nitrogens is 2. The smallest absolute Gasteiger partial charge is 0.225 e. The summed E-state index contributed by atoms with van der Waals surface area (Å²) in [4.78, 5) is 14.1. The minimum atomic E-state index is 0.360. The highest BCUT2D eigenvalue weighted by molar-refractivity contribution is 7.19. The molecular formula is C18H25ClN4S. The zero-order valence-corrected chi connectivity index (χ0v) is 16.2. The lowest BCUT2D eigenvalue weighted by atomic mass is 9.72. The molecule has 1 aliphatic carbocycles. The number of halogens is 1. The van der Waals surface area contributed by atoms with E-state index in [-0.39, 0.29) is 0 Å². The number of hydrogen-bond acceptors (Lipinski definition) is 5. The van der Waals surface area contributed by atoms with Gasteiger partial charge in [-0.05, 0) is 47.8 Å². The number of rotatable bonds is 1. The van der Waals surface area contributed by atoms with Crippen LogP contribution < -0.4 is 10.2 Å². The van der Waals surface area contributed by atoms with Crippen LogP contribution in [0.1, 0.15) is 37.6 Å². The first kappa shape index (κ1) is 16.6. The largest absolute Gasteiger partial charge is 0.353 e. The van der Waals surface area contributed by atoms with Crippen molar-refractivity contribution >= 4 is 39.0 Å². The van der Waals surface area contributed by atoms with Gasteiger partial charge < -0.3 is 10.2 Å². The molecule has 1 atom stereocenters. The fourth-order valence-electron chi connectivity index (χ4n) is 3.98. The van der Waals surface area contributed by atoms with Crippen LogP contribution in [0.4, 0.5) is 5.82 Å². The Morgan fingerprint density at radius 3 is 2.67 bits per heavy atom. The molecule has 0 radical (unpaired) electrons. The molecule has 2 aromatic heterocycles. The fourth-order valence-corrected chi connectivity index (χ4v) is 5.49. The summed E-state index contributed by atoms with van der Waals surface area (Å²) in [5.74, 6) is 1.79. The third-order valence-electron chi connectivity index (χ3n) is 5.50. The van der Waals surface area contributed by atoms with Gasteiger partial charge in [-0.1, -0.05) is 20.8 Å². The van der Waals surface area contributed by atoms with Gasteiger partial charge in [0.2, 0.25) is 5.28 Å². The standard InChI is InChI=1S/C18H25ClN4S/c1-18(2,3)11-4-5-12-13(10-11)24-16-14(12)15(21-17(19)22-16)23-8-6-20-7-9-23/h11,20H,4-10H2,1-3H3. The highest BCUT2D eigenvalue weighted by atomic mass is 35.5. The lowest BCUT2D eigenvalue weighted by Gasteiger charge is -2.34. The predicted molar refractivity (Wildman–Crippen MR) is 102 cm³/mol. The minimum absolute atomic E-state index is 0.360. The number of nitrogens with zero attached hydrogens (tertiary/aromatic N) is 3. The van der Waals surface area contributed by atoms with Gasteiger partial charge in [0.25, 0.3) is 0 Å². The van der Waals surface area contributed by atoms with Crippen LogP contribution in [0.2, 0.25) is 5.28 Å². The molecule has 2 aliphatic rings. The molecule has 2 aromatic rings. The van der Waals surface area contributed by atoms with Crippen molar-refractivity contribution in [3.05, 3.63) is 15.7 Å². The SMILES string of the molecule is CC(C)(C)C1CCc2c(sc3nc(Cl)nc(N4CCNCC4)c23)C1. The fraction of sp³-hybridized carbons (Fsp3) is 0.667. The molecule has 6 heteroatoms. The van der Waals surface area contributed by atoms with E-state index in [4.69, 9.17) is 11.6 Å². The van der Waals surface area contributed by atoms with Gasteiger partial charge in [0.05, 0.1) is 5.39 Å². The topological polar surface area (TPSA) is 41.1 Å². The molecule has 0 bridgehead atoms. The van der Waals surface area contributed by atoms with Gasteiger partial charge in [0.1, 0.15) is 10.6 Å². The second kappa shape index (κ2) is 6.11. The Balaban J connectivity index is 1.80. The minimum Gasteiger partial charge on any atom is -0.353 e. The normalized spacial score (nSPS) is 22.0. The highest BCUT2D eigenvalue weighted by Gasteiger charge is 2.32. The van der Waals surface area contributed by atoms with Crippen molar-refractivity contribution in [1.29, 1.82) is 0 Å². The molecule has 24 heavy (non-hydrogen) atoms. The van der Waals surface area contributed by atoms with Crippen LogP contribution in [0.15, 0.2) is 0 Å². The third-order valence-corrected chi connectivity index (χ3v) is 6.82. The summed E-state index contributed by atoms with van der Waals surface area (Å²) in [6, 6.07) is 0. The molecule has 1 fully saturated rings. The first-order valence-corrected chi connectivity index (χ1v) is 10.1. The Morgan fingerprint density at radius 2 is 1.96 bits per heavy atom. The second-order valence-electron chi connectivity index (χ2n) is 8.04. The summed E-state index contributed by atoms with van der Waals surface area (Å²) in [6.07, 6.45) is 3.56. The number of anilines is 1. The predicted octanol–water partition coefficient (Wildman–Crippen LogP) is 3.91. The molecule has 0 amide bonds. The summed E-state index contributed by atoms with van der Waals surface area (Å²) in [5, 5.41) is 5.06. The maximum absolute atomic E-state index is 6.25. The number of aryl methyl sites for hydroxylation is 1. The average molecular weight is 365 g/mol. The van der Waals surface area contributed by atoms with Crippen LogP contribution in [0.25, 0.3) is 10.2 Å². The highest BCUT2D eigenvalue weighted by Crippen LogP contribution is 2.45. The first-order valence-electron chi connectivity index (χ1n) is 8.87. The van der Waals surface area contributed by atoms with E-state index in [2.05, 4.69) is 41.0 Å². The summed E-state index contributed by atoms with van der Waals surface area (Å²) >= 11 is 8.08. The molecule has 1 saturated heterocycles. The Kier molecular flexibility index (Phi) is 4.22. The van der Waals surface area contributed by atoms with Crippen LogP contribution in [0.5, 0.6) is 0 Å². The number of thiophene rings is 1. The maximum atomic E-state index is 6.25. The lowest BCUT2D eigenvalue weighted by molar-refractivity contribution is 0.218. The Labute approximate surface area is 152 Å². The van der Waals surface area contributed by atoms with Crippen LogP contribution in [0, 0.1) is 11.3 Å². The van der Waals surface area contributed by atoms with Gasteiger partial charge in [-0.15, -0.1) is 11.3 Å². The number of fused-ring (bicyclic) bond motifs is 3.